The van der Waals surface area contributed by atoms with Gasteiger partial charge in [-0.25, -0.2) is 0 Å². The number of aryl methyl sites for hydroxylation is 2. The van der Waals surface area contributed by atoms with Crippen molar-refractivity contribution in [2.45, 2.75) is 46.7 Å². The SMILES string of the molecule is Cc1ccc(-c2nn(C(C)(C)C)cc2CN)cc1C. The molecule has 2 rings (SSSR count). The van der Waals surface area contributed by atoms with E-state index < -0.39 is 0 Å². The second-order valence-electron chi connectivity index (χ2n) is 6.12. The lowest BCUT2D eigenvalue weighted by atomic mass is 10.0. The first kappa shape index (κ1) is 13.8. The number of nitrogens with zero attached hydrogens (tertiary/aromatic N) is 2. The van der Waals surface area contributed by atoms with Crippen molar-refractivity contribution in [1.29, 1.82) is 0 Å². The molecule has 0 spiro atoms. The van der Waals surface area contributed by atoms with Gasteiger partial charge in [-0.15, -0.1) is 0 Å². The Labute approximate surface area is 115 Å². The minimum Gasteiger partial charge on any atom is -0.326 e. The molecule has 2 N–H and O–H groups in total. The monoisotopic (exact) mass is 257 g/mol. The molecule has 0 unspecified atom stereocenters. The predicted octanol–water partition coefficient (Wildman–Crippen LogP) is 3.38. The van der Waals surface area contributed by atoms with Crippen LogP contribution < -0.4 is 5.73 Å². The van der Waals surface area contributed by atoms with E-state index in [1.165, 1.54) is 11.1 Å². The van der Waals surface area contributed by atoms with Gasteiger partial charge in [-0.05, 0) is 51.8 Å². The van der Waals surface area contributed by atoms with Gasteiger partial charge >= 0.3 is 0 Å². The third kappa shape index (κ3) is 2.71. The minimum absolute atomic E-state index is 0.0259. The molecule has 0 amide bonds. The molecule has 2 aromatic rings. The maximum atomic E-state index is 5.86. The highest BCUT2D eigenvalue weighted by atomic mass is 15.3. The van der Waals surface area contributed by atoms with Gasteiger partial charge in [0.1, 0.15) is 0 Å². The van der Waals surface area contributed by atoms with E-state index in [9.17, 15) is 0 Å². The largest absolute Gasteiger partial charge is 0.326 e. The van der Waals surface area contributed by atoms with Crippen molar-refractivity contribution in [3.63, 3.8) is 0 Å². The third-order valence-corrected chi connectivity index (χ3v) is 3.48. The summed E-state index contributed by atoms with van der Waals surface area (Å²) in [4.78, 5) is 0. The van der Waals surface area contributed by atoms with Crippen molar-refractivity contribution in [1.82, 2.24) is 9.78 Å². The Morgan fingerprint density at radius 1 is 1.16 bits per heavy atom. The molecule has 0 fully saturated rings. The van der Waals surface area contributed by atoms with Crippen molar-refractivity contribution in [3.05, 3.63) is 41.1 Å². The van der Waals surface area contributed by atoms with Gasteiger partial charge < -0.3 is 5.73 Å². The molecule has 0 aliphatic carbocycles. The van der Waals surface area contributed by atoms with E-state index in [0.29, 0.717) is 6.54 Å². The maximum Gasteiger partial charge on any atom is 0.0968 e. The summed E-state index contributed by atoms with van der Waals surface area (Å²) in [6.45, 7) is 11.2. The van der Waals surface area contributed by atoms with E-state index in [1.54, 1.807) is 0 Å². The number of rotatable bonds is 2. The summed E-state index contributed by atoms with van der Waals surface area (Å²) in [6.07, 6.45) is 2.06. The molecule has 102 valence electrons. The fraction of sp³-hybridized carbons (Fsp3) is 0.438. The van der Waals surface area contributed by atoms with Crippen molar-refractivity contribution in [2.75, 3.05) is 0 Å². The van der Waals surface area contributed by atoms with Crippen molar-refractivity contribution in [2.24, 2.45) is 5.73 Å². The van der Waals surface area contributed by atoms with Crippen molar-refractivity contribution in [3.8, 4) is 11.3 Å². The Kier molecular flexibility index (Phi) is 3.50. The summed E-state index contributed by atoms with van der Waals surface area (Å²) in [5, 5.41) is 4.73. The molecule has 0 atom stereocenters. The smallest absolute Gasteiger partial charge is 0.0968 e. The molecule has 0 radical (unpaired) electrons. The first-order valence-electron chi connectivity index (χ1n) is 6.69. The Hall–Kier alpha value is -1.61. The highest BCUT2D eigenvalue weighted by Crippen LogP contribution is 2.26. The number of benzene rings is 1. The fourth-order valence-electron chi connectivity index (χ4n) is 2.03. The van der Waals surface area contributed by atoms with Gasteiger partial charge in [0.15, 0.2) is 0 Å². The zero-order valence-corrected chi connectivity index (χ0v) is 12.5. The average molecular weight is 257 g/mol. The number of aromatic nitrogens is 2. The Balaban J connectivity index is 2.54. The summed E-state index contributed by atoms with van der Waals surface area (Å²) in [5.74, 6) is 0. The van der Waals surface area contributed by atoms with Crippen LogP contribution in [0.25, 0.3) is 11.3 Å². The second kappa shape index (κ2) is 4.82. The van der Waals surface area contributed by atoms with E-state index >= 15 is 0 Å². The van der Waals surface area contributed by atoms with Gasteiger partial charge in [0.05, 0.1) is 11.2 Å². The zero-order chi connectivity index (χ0) is 14.2. The molecule has 0 bridgehead atoms. The van der Waals surface area contributed by atoms with Crippen molar-refractivity contribution >= 4 is 0 Å². The van der Waals surface area contributed by atoms with Crippen LogP contribution in [0.5, 0.6) is 0 Å². The van der Waals surface area contributed by atoms with E-state index in [-0.39, 0.29) is 5.54 Å². The molecule has 1 heterocycles. The average Bonchev–Trinajstić information content (AvgIpc) is 2.76. The first-order valence-corrected chi connectivity index (χ1v) is 6.69. The lowest BCUT2D eigenvalue weighted by molar-refractivity contribution is 0.356. The quantitative estimate of drug-likeness (QED) is 0.896. The van der Waals surface area contributed by atoms with Crippen molar-refractivity contribution < 1.29 is 0 Å². The highest BCUT2D eigenvalue weighted by molar-refractivity contribution is 5.64. The van der Waals surface area contributed by atoms with Gasteiger partial charge in [-0.2, -0.15) is 5.10 Å². The number of nitrogens with two attached hydrogens (primary N) is 1. The van der Waals surface area contributed by atoms with Crippen LogP contribution in [0.3, 0.4) is 0 Å². The van der Waals surface area contributed by atoms with Crippen LogP contribution in [0.15, 0.2) is 24.4 Å². The summed E-state index contributed by atoms with van der Waals surface area (Å²) in [5.41, 5.74) is 11.7. The van der Waals surface area contributed by atoms with E-state index in [0.717, 1.165) is 16.8 Å². The first-order chi connectivity index (χ1) is 8.82. The maximum absolute atomic E-state index is 5.86. The van der Waals surface area contributed by atoms with Crippen LogP contribution in [0, 0.1) is 13.8 Å². The minimum atomic E-state index is -0.0259. The molecular formula is C16H23N3. The predicted molar refractivity (Wildman–Crippen MR) is 80.0 cm³/mol. The normalized spacial score (nSPS) is 11.9. The van der Waals surface area contributed by atoms with Gasteiger partial charge in [0.2, 0.25) is 0 Å². The lowest BCUT2D eigenvalue weighted by Gasteiger charge is -2.18. The third-order valence-electron chi connectivity index (χ3n) is 3.48. The van der Waals surface area contributed by atoms with Gasteiger partial charge in [0.25, 0.3) is 0 Å². The molecule has 3 heteroatoms. The number of hydrogen-bond donors (Lipinski definition) is 1. The van der Waals surface area contributed by atoms with Crippen LogP contribution in [0.1, 0.15) is 37.5 Å². The standard InChI is InChI=1S/C16H23N3/c1-11-6-7-13(8-12(11)2)15-14(9-17)10-19(18-15)16(3,4)5/h6-8,10H,9,17H2,1-5H3. The van der Waals surface area contributed by atoms with Gasteiger partial charge in [0, 0.05) is 23.9 Å². The fourth-order valence-corrected chi connectivity index (χ4v) is 2.03. The van der Waals surface area contributed by atoms with Crippen LogP contribution in [0.4, 0.5) is 0 Å². The molecule has 1 aromatic heterocycles. The molecule has 1 aromatic carbocycles. The van der Waals surface area contributed by atoms with Crippen LogP contribution in [-0.4, -0.2) is 9.78 Å². The molecule has 0 saturated heterocycles. The summed E-state index contributed by atoms with van der Waals surface area (Å²) in [6, 6.07) is 6.45. The zero-order valence-electron chi connectivity index (χ0n) is 12.5. The van der Waals surface area contributed by atoms with E-state index in [2.05, 4.69) is 59.0 Å². The van der Waals surface area contributed by atoms with E-state index in [1.807, 2.05) is 4.68 Å². The van der Waals surface area contributed by atoms with E-state index in [4.69, 9.17) is 10.8 Å². The summed E-state index contributed by atoms with van der Waals surface area (Å²) >= 11 is 0. The molecule has 3 nitrogen and oxygen atoms in total. The molecule has 0 saturated carbocycles. The summed E-state index contributed by atoms with van der Waals surface area (Å²) in [7, 11) is 0. The van der Waals surface area contributed by atoms with Gasteiger partial charge in [-0.1, -0.05) is 12.1 Å². The Morgan fingerprint density at radius 2 is 1.84 bits per heavy atom. The van der Waals surface area contributed by atoms with Crippen LogP contribution in [-0.2, 0) is 12.1 Å². The Bertz CT molecular complexity index is 589. The Morgan fingerprint density at radius 3 is 2.37 bits per heavy atom. The molecule has 19 heavy (non-hydrogen) atoms. The second-order valence-corrected chi connectivity index (χ2v) is 6.12. The highest BCUT2D eigenvalue weighted by Gasteiger charge is 2.18. The number of hydrogen-bond acceptors (Lipinski definition) is 2. The summed E-state index contributed by atoms with van der Waals surface area (Å²) < 4.78 is 2.00. The molecule has 0 aliphatic heterocycles. The topological polar surface area (TPSA) is 43.8 Å². The van der Waals surface area contributed by atoms with Crippen LogP contribution >= 0.6 is 0 Å². The molecular weight excluding hydrogens is 234 g/mol. The molecule has 0 aliphatic rings. The van der Waals surface area contributed by atoms with Crippen LogP contribution in [0.2, 0.25) is 0 Å². The van der Waals surface area contributed by atoms with Gasteiger partial charge in [-0.3, -0.25) is 4.68 Å². The lowest BCUT2D eigenvalue weighted by Crippen LogP contribution is -2.22.